The van der Waals surface area contributed by atoms with Crippen molar-refractivity contribution in [3.05, 3.63) is 34.3 Å². The summed E-state index contributed by atoms with van der Waals surface area (Å²) >= 11 is 11.5. The van der Waals surface area contributed by atoms with Gasteiger partial charge in [0.25, 0.3) is 0 Å². The molecular formula is C11H14Cl2O2. The van der Waals surface area contributed by atoms with Crippen LogP contribution in [0.25, 0.3) is 0 Å². The topological polar surface area (TPSA) is 40.5 Å². The van der Waals surface area contributed by atoms with Gasteiger partial charge in [0.05, 0.1) is 6.10 Å². The van der Waals surface area contributed by atoms with Crippen molar-refractivity contribution in [1.82, 2.24) is 0 Å². The second-order valence-electron chi connectivity index (χ2n) is 3.46. The van der Waals surface area contributed by atoms with Gasteiger partial charge in [-0.25, -0.2) is 0 Å². The molecule has 84 valence electrons. The predicted molar refractivity (Wildman–Crippen MR) is 62.5 cm³/mol. The molecule has 1 aromatic rings. The highest BCUT2D eigenvalue weighted by Crippen LogP contribution is 2.29. The monoisotopic (exact) mass is 248 g/mol. The predicted octanol–water partition coefficient (Wildman–Crippen LogP) is 2.67. The van der Waals surface area contributed by atoms with E-state index in [1.54, 1.807) is 6.07 Å². The fraction of sp³-hybridized carbons (Fsp3) is 0.455. The first-order chi connectivity index (χ1) is 7.07. The number of hydrogen-bond acceptors (Lipinski definition) is 2. The molecule has 2 N–H and O–H groups in total. The van der Waals surface area contributed by atoms with Gasteiger partial charge in [0.2, 0.25) is 0 Å². The van der Waals surface area contributed by atoms with Crippen LogP contribution in [0.2, 0.25) is 5.02 Å². The molecule has 2 nitrogen and oxygen atoms in total. The zero-order valence-corrected chi connectivity index (χ0v) is 9.96. The van der Waals surface area contributed by atoms with Crippen LogP contribution in [0.5, 0.6) is 0 Å². The van der Waals surface area contributed by atoms with Gasteiger partial charge in [0, 0.05) is 16.5 Å². The molecule has 0 aliphatic heterocycles. The molecule has 0 saturated carbocycles. The summed E-state index contributed by atoms with van der Waals surface area (Å²) < 4.78 is 0. The van der Waals surface area contributed by atoms with Crippen LogP contribution >= 0.6 is 23.2 Å². The smallest absolute Gasteiger partial charge is 0.107 e. The van der Waals surface area contributed by atoms with Crippen molar-refractivity contribution in [1.29, 1.82) is 0 Å². The van der Waals surface area contributed by atoms with Crippen molar-refractivity contribution in [2.45, 2.75) is 25.6 Å². The molecule has 2 atom stereocenters. The summed E-state index contributed by atoms with van der Waals surface area (Å²) in [6, 6.07) is 5.35. The summed E-state index contributed by atoms with van der Waals surface area (Å²) in [5.41, 5.74) is 1.44. The van der Waals surface area contributed by atoms with Gasteiger partial charge in [-0.3, -0.25) is 0 Å². The van der Waals surface area contributed by atoms with E-state index < -0.39 is 12.2 Å². The van der Waals surface area contributed by atoms with Gasteiger partial charge in [-0.05, 0) is 25.0 Å². The SMILES string of the molecule is Cc1cccc(Cl)c1C(O)C(O)CCCl. The molecule has 0 fully saturated rings. The van der Waals surface area contributed by atoms with Gasteiger partial charge in [-0.1, -0.05) is 23.7 Å². The summed E-state index contributed by atoms with van der Waals surface area (Å²) in [7, 11) is 0. The van der Waals surface area contributed by atoms with Gasteiger partial charge in [-0.2, -0.15) is 0 Å². The van der Waals surface area contributed by atoms with Crippen LogP contribution in [0.3, 0.4) is 0 Å². The quantitative estimate of drug-likeness (QED) is 0.805. The van der Waals surface area contributed by atoms with E-state index in [0.717, 1.165) is 5.56 Å². The fourth-order valence-electron chi connectivity index (χ4n) is 1.48. The Labute approximate surface area is 99.5 Å². The van der Waals surface area contributed by atoms with Crippen LogP contribution in [-0.2, 0) is 0 Å². The number of aliphatic hydroxyl groups excluding tert-OH is 2. The van der Waals surface area contributed by atoms with E-state index >= 15 is 0 Å². The average molecular weight is 249 g/mol. The van der Waals surface area contributed by atoms with Gasteiger partial charge >= 0.3 is 0 Å². The minimum atomic E-state index is -0.975. The van der Waals surface area contributed by atoms with Crippen LogP contribution in [0.4, 0.5) is 0 Å². The van der Waals surface area contributed by atoms with Crippen molar-refractivity contribution in [3.63, 3.8) is 0 Å². The Bertz CT molecular complexity index is 308. The molecule has 0 spiro atoms. The Morgan fingerprint density at radius 3 is 2.53 bits per heavy atom. The molecule has 0 aliphatic rings. The minimum absolute atomic E-state index is 0.307. The second kappa shape index (κ2) is 5.71. The van der Waals surface area contributed by atoms with Crippen LogP contribution in [-0.4, -0.2) is 22.2 Å². The highest BCUT2D eigenvalue weighted by Gasteiger charge is 2.21. The Hall–Kier alpha value is -0.280. The van der Waals surface area contributed by atoms with E-state index in [1.165, 1.54) is 0 Å². The molecule has 0 aliphatic carbocycles. The molecular weight excluding hydrogens is 235 g/mol. The second-order valence-corrected chi connectivity index (χ2v) is 4.25. The summed E-state index contributed by atoms with van der Waals surface area (Å²) in [5, 5.41) is 20.0. The largest absolute Gasteiger partial charge is 0.390 e. The minimum Gasteiger partial charge on any atom is -0.390 e. The molecule has 0 heterocycles. The number of hydrogen-bond donors (Lipinski definition) is 2. The van der Waals surface area contributed by atoms with Gasteiger partial charge in [-0.15, -0.1) is 11.6 Å². The van der Waals surface area contributed by atoms with Gasteiger partial charge in [0.1, 0.15) is 6.10 Å². The lowest BCUT2D eigenvalue weighted by Gasteiger charge is -2.20. The number of rotatable bonds is 4. The van der Waals surface area contributed by atoms with Crippen molar-refractivity contribution < 1.29 is 10.2 Å². The fourth-order valence-corrected chi connectivity index (χ4v) is 2.04. The third-order valence-electron chi connectivity index (χ3n) is 2.34. The maximum atomic E-state index is 9.89. The first kappa shape index (κ1) is 12.8. The zero-order valence-electron chi connectivity index (χ0n) is 8.45. The molecule has 0 saturated heterocycles. The number of halogens is 2. The zero-order chi connectivity index (χ0) is 11.4. The van der Waals surface area contributed by atoms with Crippen molar-refractivity contribution in [2.24, 2.45) is 0 Å². The Balaban J connectivity index is 2.94. The lowest BCUT2D eigenvalue weighted by molar-refractivity contribution is 0.0167. The highest BCUT2D eigenvalue weighted by atomic mass is 35.5. The third kappa shape index (κ3) is 3.08. The van der Waals surface area contributed by atoms with Crippen molar-refractivity contribution >= 4 is 23.2 Å². The molecule has 1 rings (SSSR count). The first-order valence-electron chi connectivity index (χ1n) is 4.75. The standard InChI is InChI=1S/C11H14Cl2O2/c1-7-3-2-4-8(13)10(7)11(15)9(14)5-6-12/h2-4,9,11,14-15H,5-6H2,1H3. The van der Waals surface area contributed by atoms with E-state index in [2.05, 4.69) is 0 Å². The van der Waals surface area contributed by atoms with Crippen molar-refractivity contribution in [2.75, 3.05) is 5.88 Å². The number of alkyl halides is 1. The lowest BCUT2D eigenvalue weighted by atomic mass is 9.98. The van der Waals surface area contributed by atoms with E-state index in [1.807, 2.05) is 19.1 Å². The lowest BCUT2D eigenvalue weighted by Crippen LogP contribution is -2.19. The number of aryl methyl sites for hydroxylation is 1. The Kier molecular flexibility index (Phi) is 4.87. The summed E-state index contributed by atoms with van der Waals surface area (Å²) in [5.74, 6) is 0.307. The first-order valence-corrected chi connectivity index (χ1v) is 5.66. The highest BCUT2D eigenvalue weighted by molar-refractivity contribution is 6.31. The van der Waals surface area contributed by atoms with E-state index in [9.17, 15) is 10.2 Å². The summed E-state index contributed by atoms with van der Waals surface area (Å²) in [6.45, 7) is 1.85. The molecule has 0 amide bonds. The van der Waals surface area contributed by atoms with E-state index in [0.29, 0.717) is 22.9 Å². The molecule has 2 unspecified atom stereocenters. The van der Waals surface area contributed by atoms with Crippen LogP contribution in [0.1, 0.15) is 23.7 Å². The normalized spacial score (nSPS) is 15.0. The molecule has 0 aromatic heterocycles. The van der Waals surface area contributed by atoms with Crippen LogP contribution in [0, 0.1) is 6.92 Å². The van der Waals surface area contributed by atoms with Crippen molar-refractivity contribution in [3.8, 4) is 0 Å². The Morgan fingerprint density at radius 2 is 2.00 bits per heavy atom. The van der Waals surface area contributed by atoms with E-state index in [-0.39, 0.29) is 0 Å². The Morgan fingerprint density at radius 1 is 1.33 bits per heavy atom. The van der Waals surface area contributed by atoms with Gasteiger partial charge in [0.15, 0.2) is 0 Å². The summed E-state index contributed by atoms with van der Waals surface area (Å²) in [4.78, 5) is 0. The van der Waals surface area contributed by atoms with Crippen LogP contribution in [0.15, 0.2) is 18.2 Å². The molecule has 1 aromatic carbocycles. The van der Waals surface area contributed by atoms with E-state index in [4.69, 9.17) is 23.2 Å². The third-order valence-corrected chi connectivity index (χ3v) is 2.88. The number of benzene rings is 1. The van der Waals surface area contributed by atoms with Crippen LogP contribution < -0.4 is 0 Å². The molecule has 0 radical (unpaired) electrons. The molecule has 15 heavy (non-hydrogen) atoms. The maximum Gasteiger partial charge on any atom is 0.107 e. The van der Waals surface area contributed by atoms with Gasteiger partial charge < -0.3 is 10.2 Å². The molecule has 0 bridgehead atoms. The molecule has 4 heteroatoms. The summed E-state index contributed by atoms with van der Waals surface area (Å²) in [6.07, 6.45) is -1.51. The average Bonchev–Trinajstić information content (AvgIpc) is 2.17. The number of aliphatic hydroxyl groups is 2. The maximum absolute atomic E-state index is 9.89.